The zero-order valence-electron chi connectivity index (χ0n) is 28.1. The van der Waals surface area contributed by atoms with E-state index >= 15 is 0 Å². The van der Waals surface area contributed by atoms with Crippen molar-refractivity contribution in [2.75, 3.05) is 19.8 Å². The van der Waals surface area contributed by atoms with Gasteiger partial charge in [0.05, 0.1) is 25.4 Å². The Morgan fingerprint density at radius 3 is 1.77 bits per heavy atom. The molecule has 0 saturated carbocycles. The first-order valence-corrected chi connectivity index (χ1v) is 19.1. The summed E-state index contributed by atoms with van der Waals surface area (Å²) in [5, 5.41) is 13.5. The van der Waals surface area contributed by atoms with E-state index in [1.807, 2.05) is 6.08 Å². The van der Waals surface area contributed by atoms with E-state index in [0.29, 0.717) is 6.42 Å². The SMILES string of the molecule is CCCCCC/C=C/CC/C=C/C(O)C(COP(=O)(O)OCCN)NC(=O)CCCCCCC/C=C\CCCCCCCC. The van der Waals surface area contributed by atoms with Gasteiger partial charge in [-0.2, -0.15) is 0 Å². The van der Waals surface area contributed by atoms with Gasteiger partial charge in [-0.1, -0.05) is 121 Å². The number of nitrogens with one attached hydrogen (secondary N) is 1. The zero-order valence-corrected chi connectivity index (χ0v) is 29.0. The number of aliphatic hydroxyl groups excluding tert-OH is 1. The summed E-state index contributed by atoms with van der Waals surface area (Å²) in [4.78, 5) is 22.5. The minimum Gasteiger partial charge on any atom is -0.387 e. The van der Waals surface area contributed by atoms with Gasteiger partial charge in [0, 0.05) is 13.0 Å². The Balaban J connectivity index is 4.39. The summed E-state index contributed by atoms with van der Waals surface area (Å²) >= 11 is 0. The Morgan fingerprint density at radius 2 is 1.20 bits per heavy atom. The van der Waals surface area contributed by atoms with Crippen LogP contribution in [-0.4, -0.2) is 47.8 Å². The lowest BCUT2D eigenvalue weighted by Crippen LogP contribution is -2.45. The van der Waals surface area contributed by atoms with E-state index in [9.17, 15) is 19.4 Å². The number of rotatable bonds is 32. The largest absolute Gasteiger partial charge is 0.472 e. The molecule has 5 N–H and O–H groups in total. The number of carbonyl (C=O) groups excluding carboxylic acids is 1. The monoisotopic (exact) mass is 642 g/mol. The van der Waals surface area contributed by atoms with Gasteiger partial charge in [-0.25, -0.2) is 4.57 Å². The molecule has 0 aromatic carbocycles. The summed E-state index contributed by atoms with van der Waals surface area (Å²) < 4.78 is 21.9. The molecule has 0 aliphatic heterocycles. The van der Waals surface area contributed by atoms with Crippen LogP contribution in [0.5, 0.6) is 0 Å². The second kappa shape index (κ2) is 31.7. The van der Waals surface area contributed by atoms with Crippen molar-refractivity contribution < 1.29 is 28.4 Å². The van der Waals surface area contributed by atoms with Crippen LogP contribution in [-0.2, 0) is 18.4 Å². The fourth-order valence-corrected chi connectivity index (χ4v) is 5.49. The van der Waals surface area contributed by atoms with Crippen LogP contribution in [0.2, 0.25) is 0 Å². The van der Waals surface area contributed by atoms with Gasteiger partial charge in [-0.15, -0.1) is 0 Å². The van der Waals surface area contributed by atoms with Crippen LogP contribution >= 0.6 is 7.82 Å². The molecule has 44 heavy (non-hydrogen) atoms. The van der Waals surface area contributed by atoms with Crippen molar-refractivity contribution in [3.05, 3.63) is 36.5 Å². The smallest absolute Gasteiger partial charge is 0.387 e. The number of amides is 1. The van der Waals surface area contributed by atoms with Gasteiger partial charge >= 0.3 is 7.82 Å². The van der Waals surface area contributed by atoms with Crippen molar-refractivity contribution in [3.8, 4) is 0 Å². The van der Waals surface area contributed by atoms with Crippen molar-refractivity contribution in [2.45, 2.75) is 161 Å². The van der Waals surface area contributed by atoms with E-state index in [1.54, 1.807) is 6.08 Å². The Kier molecular flexibility index (Phi) is 30.8. The molecule has 3 unspecified atom stereocenters. The molecule has 0 saturated heterocycles. The van der Waals surface area contributed by atoms with Crippen LogP contribution in [0.4, 0.5) is 0 Å². The maximum Gasteiger partial charge on any atom is 0.472 e. The highest BCUT2D eigenvalue weighted by molar-refractivity contribution is 7.47. The molecule has 258 valence electrons. The number of allylic oxidation sites excluding steroid dienone is 5. The number of carbonyl (C=O) groups is 1. The van der Waals surface area contributed by atoms with Gasteiger partial charge in [0.1, 0.15) is 0 Å². The number of hydrogen-bond donors (Lipinski definition) is 4. The minimum atomic E-state index is -4.33. The molecule has 0 aromatic heterocycles. The Bertz CT molecular complexity index is 789. The Labute approximate surface area is 269 Å². The number of phosphoric ester groups is 1. The number of hydrogen-bond acceptors (Lipinski definition) is 6. The lowest BCUT2D eigenvalue weighted by atomic mass is 10.1. The van der Waals surface area contributed by atoms with Gasteiger partial charge in [0.2, 0.25) is 5.91 Å². The lowest BCUT2D eigenvalue weighted by Gasteiger charge is -2.23. The van der Waals surface area contributed by atoms with E-state index < -0.39 is 20.0 Å². The summed E-state index contributed by atoms with van der Waals surface area (Å²) in [5.41, 5.74) is 5.33. The first kappa shape index (κ1) is 42.7. The second-order valence-corrected chi connectivity index (χ2v) is 13.2. The van der Waals surface area contributed by atoms with E-state index in [2.05, 4.69) is 43.5 Å². The highest BCUT2D eigenvalue weighted by atomic mass is 31.2. The molecule has 0 spiro atoms. The summed E-state index contributed by atoms with van der Waals surface area (Å²) in [7, 11) is -4.33. The highest BCUT2D eigenvalue weighted by Crippen LogP contribution is 2.43. The fraction of sp³-hybridized carbons (Fsp3) is 0.800. The summed E-state index contributed by atoms with van der Waals surface area (Å²) in [6.07, 6.45) is 34.8. The molecule has 3 atom stereocenters. The quantitative estimate of drug-likeness (QED) is 0.0328. The third kappa shape index (κ3) is 29.4. The predicted octanol–water partition coefficient (Wildman–Crippen LogP) is 8.82. The Morgan fingerprint density at radius 1 is 0.727 bits per heavy atom. The van der Waals surface area contributed by atoms with Gasteiger partial charge in [0.15, 0.2) is 0 Å². The number of phosphoric acid groups is 1. The van der Waals surface area contributed by atoms with Crippen LogP contribution in [0.25, 0.3) is 0 Å². The van der Waals surface area contributed by atoms with Crippen LogP contribution in [0.3, 0.4) is 0 Å². The maximum absolute atomic E-state index is 12.6. The standard InChI is InChI=1S/C35H67N2O6P/c1-3-5-7-9-11-13-15-16-17-18-19-21-23-25-27-29-35(39)37-33(32-43-44(40,41)42-31-30-36)34(38)28-26-24-22-20-14-12-10-8-6-4-2/h14,16-17,20,26,28,33-34,38H,3-13,15,18-19,21-25,27,29-32,36H2,1-2H3,(H,37,39)(H,40,41)/b17-16-,20-14+,28-26+. The Hall–Kier alpha value is -1.28. The molecule has 0 aliphatic carbocycles. The molecule has 0 rings (SSSR count). The van der Waals surface area contributed by atoms with Crippen LogP contribution < -0.4 is 11.1 Å². The van der Waals surface area contributed by atoms with Crippen molar-refractivity contribution in [1.82, 2.24) is 5.32 Å². The van der Waals surface area contributed by atoms with Gasteiger partial charge in [0.25, 0.3) is 0 Å². The first-order valence-electron chi connectivity index (χ1n) is 17.6. The topological polar surface area (TPSA) is 131 Å². The molecular formula is C35H67N2O6P. The average Bonchev–Trinajstić information content (AvgIpc) is 3.01. The van der Waals surface area contributed by atoms with Gasteiger partial charge in [-0.05, 0) is 57.8 Å². The predicted molar refractivity (Wildman–Crippen MR) is 184 cm³/mol. The minimum absolute atomic E-state index is 0.0720. The van der Waals surface area contributed by atoms with E-state index in [-0.39, 0.29) is 25.7 Å². The van der Waals surface area contributed by atoms with E-state index in [1.165, 1.54) is 77.0 Å². The molecule has 1 amide bonds. The van der Waals surface area contributed by atoms with Crippen molar-refractivity contribution in [2.24, 2.45) is 5.73 Å². The molecule has 0 heterocycles. The third-order valence-electron chi connectivity index (χ3n) is 7.44. The zero-order chi connectivity index (χ0) is 32.6. The number of aliphatic hydroxyl groups is 1. The molecule has 8 nitrogen and oxygen atoms in total. The molecule has 0 aliphatic rings. The average molecular weight is 643 g/mol. The van der Waals surface area contributed by atoms with Crippen molar-refractivity contribution in [1.29, 1.82) is 0 Å². The van der Waals surface area contributed by atoms with Crippen molar-refractivity contribution >= 4 is 13.7 Å². The van der Waals surface area contributed by atoms with Crippen LogP contribution in [0, 0.1) is 0 Å². The fourth-order valence-electron chi connectivity index (χ4n) is 4.73. The van der Waals surface area contributed by atoms with Crippen LogP contribution in [0.15, 0.2) is 36.5 Å². The summed E-state index contributed by atoms with van der Waals surface area (Å²) in [5.74, 6) is -0.217. The molecule has 0 radical (unpaired) electrons. The molecular weight excluding hydrogens is 575 g/mol. The first-order chi connectivity index (χ1) is 21.4. The molecule has 0 aromatic rings. The molecule has 0 bridgehead atoms. The summed E-state index contributed by atoms with van der Waals surface area (Å²) in [6, 6.07) is -0.877. The number of unbranched alkanes of at least 4 members (excludes halogenated alkanes) is 16. The van der Waals surface area contributed by atoms with E-state index in [0.717, 1.165) is 51.4 Å². The second-order valence-electron chi connectivity index (χ2n) is 11.7. The van der Waals surface area contributed by atoms with Gasteiger partial charge in [-0.3, -0.25) is 13.8 Å². The van der Waals surface area contributed by atoms with Crippen LogP contribution in [0.1, 0.15) is 149 Å². The summed E-state index contributed by atoms with van der Waals surface area (Å²) in [6.45, 7) is 4.03. The molecule has 0 fully saturated rings. The normalized spacial score (nSPS) is 14.9. The highest BCUT2D eigenvalue weighted by Gasteiger charge is 2.26. The number of nitrogens with two attached hydrogens (primary N) is 1. The molecule has 9 heteroatoms. The third-order valence-corrected chi connectivity index (χ3v) is 8.42. The maximum atomic E-state index is 12.6. The van der Waals surface area contributed by atoms with E-state index in [4.69, 9.17) is 14.8 Å². The lowest BCUT2D eigenvalue weighted by molar-refractivity contribution is -0.123. The van der Waals surface area contributed by atoms with Gasteiger partial charge < -0.3 is 21.1 Å². The van der Waals surface area contributed by atoms with Crippen molar-refractivity contribution in [3.63, 3.8) is 0 Å².